The molecule has 12 nitrogen and oxygen atoms in total. The maximum Gasteiger partial charge on any atom is 0.315 e. The zero-order valence-corrected chi connectivity index (χ0v) is 31.7. The fourth-order valence-electron chi connectivity index (χ4n) is 8.57. The van der Waals surface area contributed by atoms with E-state index in [9.17, 15) is 32.4 Å². The lowest BCUT2D eigenvalue weighted by atomic mass is 9.83. The number of fused-ring (bicyclic) bond motifs is 3. The molecule has 4 N–H and O–H groups in total. The number of amides is 5. The maximum atomic E-state index is 14.4. The Balaban J connectivity index is 1.36. The lowest BCUT2D eigenvalue weighted by Crippen LogP contribution is -2.62. The van der Waals surface area contributed by atoms with Crippen molar-refractivity contribution in [3.63, 3.8) is 0 Å². The molecule has 0 spiro atoms. The van der Waals surface area contributed by atoms with Gasteiger partial charge in [-0.15, -0.1) is 0 Å². The standard InChI is InChI=1S/C37H61N5O7S/c1-35(2,3)50(48,49)23-37(20-14-11-15-21-37)41-34(47)40-27-17-13-10-8-6-7-9-12-16-26(30(43)32(45)38-24-18-19-24)39-31(44)29-28-25(36(28,4)5)22-42(29)33(27)46/h24-29H,6-23H2,1-5H3,(H,38,45)(H,39,44)(H2,40,41,47). The Morgan fingerprint density at radius 2 is 1.42 bits per heavy atom. The molecule has 0 aromatic heterocycles. The first kappa shape index (κ1) is 38.5. The second-order valence-corrected chi connectivity index (χ2v) is 20.2. The monoisotopic (exact) mass is 719 g/mol. The molecule has 2 aliphatic heterocycles. The van der Waals surface area contributed by atoms with E-state index >= 15 is 0 Å². The van der Waals surface area contributed by atoms with Gasteiger partial charge in [0.1, 0.15) is 12.1 Å². The van der Waals surface area contributed by atoms with E-state index < -0.39 is 61.9 Å². The summed E-state index contributed by atoms with van der Waals surface area (Å²) >= 11 is 0. The number of piperidine rings is 1. The molecule has 2 saturated heterocycles. The van der Waals surface area contributed by atoms with Crippen LogP contribution < -0.4 is 21.3 Å². The van der Waals surface area contributed by atoms with Gasteiger partial charge >= 0.3 is 6.03 Å². The molecule has 3 saturated carbocycles. The molecule has 5 atom stereocenters. The van der Waals surface area contributed by atoms with Crippen molar-refractivity contribution in [2.24, 2.45) is 17.3 Å². The van der Waals surface area contributed by atoms with Gasteiger partial charge in [-0.1, -0.05) is 78.1 Å². The van der Waals surface area contributed by atoms with E-state index in [0.717, 1.165) is 70.6 Å². The van der Waals surface area contributed by atoms with Crippen LogP contribution in [0.5, 0.6) is 0 Å². The Kier molecular flexibility index (Phi) is 11.6. The van der Waals surface area contributed by atoms with Gasteiger partial charge in [0.25, 0.3) is 5.91 Å². The Bertz CT molecular complexity index is 1410. The predicted molar refractivity (Wildman–Crippen MR) is 191 cm³/mol. The van der Waals surface area contributed by atoms with E-state index in [1.165, 1.54) is 0 Å². The molecule has 5 amide bonds. The molecule has 5 aliphatic rings. The van der Waals surface area contributed by atoms with Crippen LogP contribution in [0.15, 0.2) is 0 Å². The quantitative estimate of drug-likeness (QED) is 0.289. The Morgan fingerprint density at radius 3 is 2.02 bits per heavy atom. The summed E-state index contributed by atoms with van der Waals surface area (Å²) < 4.78 is 25.7. The number of hydrogen-bond acceptors (Lipinski definition) is 7. The number of carbonyl (C=O) groups is 5. The highest BCUT2D eigenvalue weighted by atomic mass is 32.2. The fraction of sp³-hybridized carbons (Fsp3) is 0.865. The average Bonchev–Trinajstić information content (AvgIpc) is 3.88. The van der Waals surface area contributed by atoms with Crippen LogP contribution in [0.4, 0.5) is 4.79 Å². The lowest BCUT2D eigenvalue weighted by molar-refractivity contribution is -0.144. The molecule has 5 fully saturated rings. The Hall–Kier alpha value is -2.70. The number of nitrogens with zero attached hydrogens (tertiary/aromatic N) is 1. The van der Waals surface area contributed by atoms with Crippen LogP contribution in [0.3, 0.4) is 0 Å². The molecule has 50 heavy (non-hydrogen) atoms. The number of sulfone groups is 1. The van der Waals surface area contributed by atoms with Gasteiger partial charge < -0.3 is 26.2 Å². The second kappa shape index (κ2) is 15.1. The van der Waals surface area contributed by atoms with Crippen molar-refractivity contribution in [3.8, 4) is 0 Å². The topological polar surface area (TPSA) is 171 Å². The van der Waals surface area contributed by atoms with Crippen LogP contribution in [0.1, 0.15) is 137 Å². The molecule has 0 radical (unpaired) electrons. The van der Waals surface area contributed by atoms with Crippen LogP contribution in [0.25, 0.3) is 0 Å². The molecule has 282 valence electrons. The summed E-state index contributed by atoms with van der Waals surface area (Å²) in [4.78, 5) is 70.1. The summed E-state index contributed by atoms with van der Waals surface area (Å²) in [6.45, 7) is 9.55. The smallest absolute Gasteiger partial charge is 0.315 e. The first-order valence-electron chi connectivity index (χ1n) is 19.2. The van der Waals surface area contributed by atoms with Gasteiger partial charge in [0.15, 0.2) is 9.84 Å². The summed E-state index contributed by atoms with van der Waals surface area (Å²) in [5, 5.41) is 11.6. The summed E-state index contributed by atoms with van der Waals surface area (Å²) in [6, 6.07) is -3.25. The zero-order valence-electron chi connectivity index (χ0n) is 30.9. The molecular weight excluding hydrogens is 659 g/mol. The van der Waals surface area contributed by atoms with E-state index in [2.05, 4.69) is 35.1 Å². The predicted octanol–water partition coefficient (Wildman–Crippen LogP) is 3.91. The van der Waals surface area contributed by atoms with Crippen molar-refractivity contribution in [2.75, 3.05) is 12.3 Å². The third-order valence-electron chi connectivity index (χ3n) is 12.2. The van der Waals surface area contributed by atoms with Gasteiger partial charge in [0, 0.05) is 12.6 Å². The molecule has 3 aliphatic carbocycles. The number of rotatable bonds is 7. The first-order chi connectivity index (χ1) is 23.5. The summed E-state index contributed by atoms with van der Waals surface area (Å²) in [7, 11) is -3.54. The molecule has 13 heteroatoms. The van der Waals surface area contributed by atoms with E-state index in [-0.39, 0.29) is 35.0 Å². The molecule has 5 rings (SSSR count). The van der Waals surface area contributed by atoms with E-state index in [4.69, 9.17) is 0 Å². The molecule has 0 aromatic rings. The summed E-state index contributed by atoms with van der Waals surface area (Å²) in [5.41, 5.74) is -1.10. The number of Topliss-reactive ketones (excluding diaryl/α,β-unsaturated/α-hetero) is 1. The van der Waals surface area contributed by atoms with Crippen LogP contribution >= 0.6 is 0 Å². The first-order valence-corrected chi connectivity index (χ1v) is 20.9. The van der Waals surface area contributed by atoms with Crippen LogP contribution in [0, 0.1) is 17.3 Å². The lowest BCUT2D eigenvalue weighted by Gasteiger charge is -2.40. The van der Waals surface area contributed by atoms with Gasteiger partial charge in [-0.3, -0.25) is 19.2 Å². The normalized spacial score (nSPS) is 30.7. The van der Waals surface area contributed by atoms with E-state index in [1.54, 1.807) is 25.7 Å². The van der Waals surface area contributed by atoms with Gasteiger partial charge in [-0.2, -0.15) is 0 Å². The number of carbonyl (C=O) groups excluding carboxylic acids is 5. The molecule has 2 heterocycles. The van der Waals surface area contributed by atoms with Crippen LogP contribution in [-0.2, 0) is 29.0 Å². The average molecular weight is 720 g/mol. The largest absolute Gasteiger partial charge is 0.347 e. The zero-order chi connectivity index (χ0) is 36.5. The van der Waals surface area contributed by atoms with Gasteiger partial charge in [-0.25, -0.2) is 13.2 Å². The Morgan fingerprint density at radius 1 is 0.840 bits per heavy atom. The third kappa shape index (κ3) is 8.84. The molecular formula is C37H61N5O7S. The van der Waals surface area contributed by atoms with Crippen molar-refractivity contribution in [1.82, 2.24) is 26.2 Å². The minimum absolute atomic E-state index is 0.0156. The van der Waals surface area contributed by atoms with Crippen molar-refractivity contribution >= 4 is 39.4 Å². The fourth-order valence-corrected chi connectivity index (χ4v) is 10.1. The van der Waals surface area contributed by atoms with Crippen molar-refractivity contribution < 1.29 is 32.4 Å². The highest BCUT2D eigenvalue weighted by molar-refractivity contribution is 7.92. The maximum absolute atomic E-state index is 14.4. The van der Waals surface area contributed by atoms with Crippen molar-refractivity contribution in [3.05, 3.63) is 0 Å². The van der Waals surface area contributed by atoms with Crippen LogP contribution in [0.2, 0.25) is 0 Å². The van der Waals surface area contributed by atoms with Crippen molar-refractivity contribution in [1.29, 1.82) is 0 Å². The number of hydrogen-bond donors (Lipinski definition) is 4. The molecule has 5 unspecified atom stereocenters. The number of ketones is 1. The minimum Gasteiger partial charge on any atom is -0.347 e. The Labute approximate surface area is 298 Å². The number of nitrogens with one attached hydrogen (secondary N) is 4. The van der Waals surface area contributed by atoms with E-state index in [0.29, 0.717) is 38.6 Å². The van der Waals surface area contributed by atoms with Gasteiger partial charge in [-0.05, 0) is 76.5 Å². The van der Waals surface area contributed by atoms with E-state index in [1.807, 2.05) is 0 Å². The SMILES string of the molecule is CC1(C)C2CN3C(=O)C(NC(=O)NC4(CS(=O)(=O)C(C)(C)C)CCCCC4)CCCCCCCCCC(C(=O)C(=O)NC4CC4)NC(=O)C3C21. The van der Waals surface area contributed by atoms with Crippen molar-refractivity contribution in [2.45, 2.75) is 172 Å². The molecule has 0 aromatic carbocycles. The molecule has 0 bridgehead atoms. The summed E-state index contributed by atoms with van der Waals surface area (Å²) in [6.07, 6.45) is 12.2. The van der Waals surface area contributed by atoms with Gasteiger partial charge in [0.2, 0.25) is 17.6 Å². The highest BCUT2D eigenvalue weighted by Crippen LogP contribution is 2.65. The summed E-state index contributed by atoms with van der Waals surface area (Å²) in [5.74, 6) is -2.26. The van der Waals surface area contributed by atoms with Gasteiger partial charge in [0.05, 0.1) is 22.1 Å². The number of urea groups is 1. The third-order valence-corrected chi connectivity index (χ3v) is 15.0. The minimum atomic E-state index is -3.54. The second-order valence-electron chi connectivity index (χ2n) is 17.5. The highest BCUT2D eigenvalue weighted by Gasteiger charge is 2.69. The van der Waals surface area contributed by atoms with Crippen LogP contribution in [-0.4, -0.2) is 89.6 Å².